The Labute approximate surface area is 113 Å². The molecule has 108 valence electrons. The van der Waals surface area contributed by atoms with Gasteiger partial charge in [0, 0.05) is 25.6 Å². The zero-order chi connectivity index (χ0) is 13.8. The number of hydrogen-bond acceptors (Lipinski definition) is 4. The van der Waals surface area contributed by atoms with Gasteiger partial charge in [0.2, 0.25) is 11.8 Å². The van der Waals surface area contributed by atoms with Crippen molar-refractivity contribution in [3.05, 3.63) is 0 Å². The fourth-order valence-corrected chi connectivity index (χ4v) is 2.94. The summed E-state index contributed by atoms with van der Waals surface area (Å²) >= 11 is 0. The van der Waals surface area contributed by atoms with Crippen LogP contribution in [0.4, 0.5) is 0 Å². The molecule has 6 heteroatoms. The highest BCUT2D eigenvalue weighted by Crippen LogP contribution is 2.26. The van der Waals surface area contributed by atoms with Gasteiger partial charge in [0.05, 0.1) is 13.2 Å². The molecule has 2 rings (SSSR count). The Morgan fingerprint density at radius 1 is 1.37 bits per heavy atom. The molecule has 1 aliphatic heterocycles. The first-order chi connectivity index (χ1) is 9.13. The lowest BCUT2D eigenvalue weighted by molar-refractivity contribution is -0.152. The van der Waals surface area contributed by atoms with Gasteiger partial charge in [0.25, 0.3) is 0 Å². The average Bonchev–Trinajstić information content (AvgIpc) is 2.45. The van der Waals surface area contributed by atoms with Gasteiger partial charge in [-0.15, -0.1) is 0 Å². The maximum Gasteiger partial charge on any atom is 0.244 e. The van der Waals surface area contributed by atoms with E-state index in [2.05, 4.69) is 5.32 Å². The lowest BCUT2D eigenvalue weighted by Gasteiger charge is -2.38. The molecule has 0 bridgehead atoms. The van der Waals surface area contributed by atoms with Gasteiger partial charge in [-0.25, -0.2) is 0 Å². The van der Waals surface area contributed by atoms with E-state index in [-0.39, 0.29) is 30.4 Å². The molecule has 1 heterocycles. The van der Waals surface area contributed by atoms with Crippen molar-refractivity contribution in [2.24, 2.45) is 11.7 Å². The van der Waals surface area contributed by atoms with Crippen molar-refractivity contribution in [3.63, 3.8) is 0 Å². The topological polar surface area (TPSA) is 84.7 Å². The number of carbonyl (C=O) groups is 2. The number of morpholine rings is 1. The quantitative estimate of drug-likeness (QED) is 0.706. The zero-order valence-electron chi connectivity index (χ0n) is 11.4. The first kappa shape index (κ1) is 14.3. The Morgan fingerprint density at radius 3 is 2.84 bits per heavy atom. The van der Waals surface area contributed by atoms with Crippen molar-refractivity contribution in [1.29, 1.82) is 0 Å². The number of nitrogens with one attached hydrogen (secondary N) is 1. The van der Waals surface area contributed by atoms with E-state index in [1.54, 1.807) is 11.9 Å². The highest BCUT2D eigenvalue weighted by Gasteiger charge is 2.36. The number of likely N-dealkylation sites (N-methyl/N-ethyl adjacent to an activating group) is 1. The van der Waals surface area contributed by atoms with E-state index < -0.39 is 6.04 Å². The first-order valence-electron chi connectivity index (χ1n) is 6.99. The van der Waals surface area contributed by atoms with Gasteiger partial charge < -0.3 is 20.7 Å². The van der Waals surface area contributed by atoms with Crippen LogP contribution in [-0.4, -0.2) is 55.6 Å². The minimum atomic E-state index is -0.496. The third-order valence-electron chi connectivity index (χ3n) is 4.02. The molecule has 1 saturated heterocycles. The summed E-state index contributed by atoms with van der Waals surface area (Å²) in [4.78, 5) is 26.1. The van der Waals surface area contributed by atoms with Gasteiger partial charge in [-0.3, -0.25) is 9.59 Å². The molecule has 1 saturated carbocycles. The Balaban J connectivity index is 2.04. The number of ether oxygens (including phenoxy) is 1. The van der Waals surface area contributed by atoms with Gasteiger partial charge in [-0.05, 0) is 19.3 Å². The molecule has 1 aliphatic carbocycles. The molecular weight excluding hydrogens is 246 g/mol. The van der Waals surface area contributed by atoms with Gasteiger partial charge in [-0.1, -0.05) is 6.42 Å². The molecule has 0 aromatic rings. The average molecular weight is 269 g/mol. The minimum absolute atomic E-state index is 0.0333. The molecular formula is C13H23N3O3. The largest absolute Gasteiger partial charge is 0.377 e. The van der Waals surface area contributed by atoms with E-state index in [0.717, 1.165) is 25.7 Å². The SMILES string of the molecule is CNC(=O)C1COCCN1C(=O)C1CCCC(N)C1. The zero-order valence-corrected chi connectivity index (χ0v) is 11.4. The summed E-state index contributed by atoms with van der Waals surface area (Å²) in [7, 11) is 1.58. The summed E-state index contributed by atoms with van der Waals surface area (Å²) in [5.74, 6) is -0.130. The number of nitrogens with two attached hydrogens (primary N) is 1. The molecule has 0 aromatic heterocycles. The van der Waals surface area contributed by atoms with E-state index in [4.69, 9.17) is 10.5 Å². The molecule has 0 spiro atoms. The summed E-state index contributed by atoms with van der Waals surface area (Å²) in [6.07, 6.45) is 3.60. The molecule has 2 amide bonds. The van der Waals surface area contributed by atoms with Crippen molar-refractivity contribution in [2.75, 3.05) is 26.8 Å². The standard InChI is InChI=1S/C13H23N3O3/c1-15-12(17)11-8-19-6-5-16(11)13(18)9-3-2-4-10(14)7-9/h9-11H,2-8,14H2,1H3,(H,15,17). The number of hydrogen-bond donors (Lipinski definition) is 2. The lowest BCUT2D eigenvalue weighted by atomic mass is 9.85. The predicted octanol–water partition coefficient (Wildman–Crippen LogP) is -0.523. The maximum atomic E-state index is 12.6. The third-order valence-corrected chi connectivity index (χ3v) is 4.02. The van der Waals surface area contributed by atoms with Crippen LogP contribution >= 0.6 is 0 Å². The van der Waals surface area contributed by atoms with Crippen LogP contribution < -0.4 is 11.1 Å². The molecule has 2 aliphatic rings. The second-order valence-corrected chi connectivity index (χ2v) is 5.36. The van der Waals surface area contributed by atoms with Gasteiger partial charge in [0.1, 0.15) is 6.04 Å². The number of rotatable bonds is 2. The smallest absolute Gasteiger partial charge is 0.244 e. The monoisotopic (exact) mass is 269 g/mol. The fourth-order valence-electron chi connectivity index (χ4n) is 2.94. The van der Waals surface area contributed by atoms with E-state index in [0.29, 0.717) is 13.2 Å². The maximum absolute atomic E-state index is 12.6. The van der Waals surface area contributed by atoms with Crippen molar-refractivity contribution < 1.29 is 14.3 Å². The summed E-state index contributed by atoms with van der Waals surface area (Å²) < 4.78 is 5.31. The number of amides is 2. The van der Waals surface area contributed by atoms with Crippen molar-refractivity contribution in [2.45, 2.75) is 37.8 Å². The minimum Gasteiger partial charge on any atom is -0.377 e. The van der Waals surface area contributed by atoms with E-state index >= 15 is 0 Å². The van der Waals surface area contributed by atoms with Crippen LogP contribution in [0.15, 0.2) is 0 Å². The summed E-state index contributed by atoms with van der Waals surface area (Å²) in [6, 6.07) is -0.383. The fraction of sp³-hybridized carbons (Fsp3) is 0.846. The lowest BCUT2D eigenvalue weighted by Crippen LogP contribution is -2.57. The van der Waals surface area contributed by atoms with Gasteiger partial charge in [0.15, 0.2) is 0 Å². The predicted molar refractivity (Wildman–Crippen MR) is 70.3 cm³/mol. The molecule has 3 atom stereocenters. The summed E-state index contributed by atoms with van der Waals surface area (Å²) in [5.41, 5.74) is 5.94. The molecule has 3 N–H and O–H groups in total. The molecule has 0 aromatic carbocycles. The first-order valence-corrected chi connectivity index (χ1v) is 6.99. The Hall–Kier alpha value is -1.14. The Bertz CT molecular complexity index is 348. The van der Waals surface area contributed by atoms with E-state index in [1.807, 2.05) is 0 Å². The number of carbonyl (C=O) groups excluding carboxylic acids is 2. The Kier molecular flexibility index (Phi) is 4.76. The third kappa shape index (κ3) is 3.25. The van der Waals surface area contributed by atoms with Crippen LogP contribution in [-0.2, 0) is 14.3 Å². The number of nitrogens with zero attached hydrogens (tertiary/aromatic N) is 1. The second-order valence-electron chi connectivity index (χ2n) is 5.36. The van der Waals surface area contributed by atoms with Crippen LogP contribution in [0.1, 0.15) is 25.7 Å². The Morgan fingerprint density at radius 2 is 2.16 bits per heavy atom. The van der Waals surface area contributed by atoms with E-state index in [9.17, 15) is 9.59 Å². The summed E-state index contributed by atoms with van der Waals surface area (Å²) in [6.45, 7) is 1.27. The van der Waals surface area contributed by atoms with Gasteiger partial charge in [-0.2, -0.15) is 0 Å². The molecule has 19 heavy (non-hydrogen) atoms. The van der Waals surface area contributed by atoms with Crippen LogP contribution in [0.5, 0.6) is 0 Å². The summed E-state index contributed by atoms with van der Waals surface area (Å²) in [5, 5.41) is 2.59. The van der Waals surface area contributed by atoms with Crippen LogP contribution in [0.3, 0.4) is 0 Å². The van der Waals surface area contributed by atoms with Crippen LogP contribution in [0, 0.1) is 5.92 Å². The second kappa shape index (κ2) is 6.34. The van der Waals surface area contributed by atoms with Crippen molar-refractivity contribution >= 4 is 11.8 Å². The van der Waals surface area contributed by atoms with Crippen LogP contribution in [0.25, 0.3) is 0 Å². The highest BCUT2D eigenvalue weighted by atomic mass is 16.5. The molecule has 2 fully saturated rings. The van der Waals surface area contributed by atoms with Gasteiger partial charge >= 0.3 is 0 Å². The van der Waals surface area contributed by atoms with E-state index in [1.165, 1.54) is 0 Å². The molecule has 3 unspecified atom stereocenters. The molecule has 6 nitrogen and oxygen atoms in total. The van der Waals surface area contributed by atoms with Crippen molar-refractivity contribution in [3.8, 4) is 0 Å². The highest BCUT2D eigenvalue weighted by molar-refractivity contribution is 5.88. The van der Waals surface area contributed by atoms with Crippen LogP contribution in [0.2, 0.25) is 0 Å². The molecule has 0 radical (unpaired) electrons. The van der Waals surface area contributed by atoms with Crippen molar-refractivity contribution in [1.82, 2.24) is 10.2 Å². The normalized spacial score (nSPS) is 31.9.